The lowest BCUT2D eigenvalue weighted by Gasteiger charge is -2.64. The molecule has 0 amide bonds. The van der Waals surface area contributed by atoms with Gasteiger partial charge in [0.1, 0.15) is 12.2 Å². The zero-order chi connectivity index (χ0) is 21.2. The summed E-state index contributed by atoms with van der Waals surface area (Å²) in [4.78, 5) is 36.0. The van der Waals surface area contributed by atoms with Crippen LogP contribution in [0.2, 0.25) is 0 Å². The molecule has 0 aliphatic heterocycles. The maximum atomic E-state index is 12.1. The Morgan fingerprint density at radius 1 is 1.00 bits per heavy atom. The maximum Gasteiger partial charge on any atom is 0.302 e. The molecule has 0 N–H and O–H groups in total. The number of ether oxygens (including phenoxy) is 2. The van der Waals surface area contributed by atoms with Gasteiger partial charge >= 0.3 is 11.9 Å². The van der Waals surface area contributed by atoms with E-state index in [0.29, 0.717) is 24.7 Å². The summed E-state index contributed by atoms with van der Waals surface area (Å²) in [6.45, 7) is 7.38. The molecule has 3 saturated carbocycles. The van der Waals surface area contributed by atoms with Crippen LogP contribution in [0.5, 0.6) is 0 Å². The molecule has 4 rings (SSSR count). The molecule has 0 aromatic carbocycles. The SMILES string of the molecule is CC(=O)OC1CCC2C3CCC4=CC(=O)CCC4(C)C3(Br)C(OC(C)=O)CC12C. The van der Waals surface area contributed by atoms with Gasteiger partial charge < -0.3 is 9.47 Å². The highest BCUT2D eigenvalue weighted by atomic mass is 79.9. The number of carbonyl (C=O) groups excluding carboxylic acids is 3. The Labute approximate surface area is 181 Å². The van der Waals surface area contributed by atoms with Crippen LogP contribution in [0.3, 0.4) is 0 Å². The molecular weight excluding hydrogens is 436 g/mol. The normalized spacial score (nSPS) is 46.1. The fourth-order valence-electron chi connectivity index (χ4n) is 7.21. The zero-order valence-electron chi connectivity index (χ0n) is 17.8. The van der Waals surface area contributed by atoms with Gasteiger partial charge in [0.2, 0.25) is 0 Å². The van der Waals surface area contributed by atoms with Crippen LogP contribution in [0.4, 0.5) is 0 Å². The number of allylic oxidation sites excluding steroid dienone is 1. The topological polar surface area (TPSA) is 69.7 Å². The number of carbonyl (C=O) groups is 3. The summed E-state index contributed by atoms with van der Waals surface area (Å²) >= 11 is 4.18. The molecule has 0 spiro atoms. The summed E-state index contributed by atoms with van der Waals surface area (Å²) in [7, 11) is 0. The largest absolute Gasteiger partial charge is 0.462 e. The fourth-order valence-corrected chi connectivity index (χ4v) is 8.46. The van der Waals surface area contributed by atoms with Crippen LogP contribution in [-0.4, -0.2) is 34.3 Å². The minimum atomic E-state index is -0.411. The van der Waals surface area contributed by atoms with E-state index in [9.17, 15) is 14.4 Å². The van der Waals surface area contributed by atoms with E-state index in [0.717, 1.165) is 32.1 Å². The Morgan fingerprint density at radius 2 is 1.66 bits per heavy atom. The highest BCUT2D eigenvalue weighted by Crippen LogP contribution is 2.70. The number of alkyl halides is 1. The van der Waals surface area contributed by atoms with Crippen LogP contribution < -0.4 is 0 Å². The molecule has 6 heteroatoms. The van der Waals surface area contributed by atoms with E-state index in [2.05, 4.69) is 29.8 Å². The first-order valence-electron chi connectivity index (χ1n) is 10.8. The first-order chi connectivity index (χ1) is 13.5. The first kappa shape index (κ1) is 21.1. The third-order valence-electron chi connectivity index (χ3n) is 8.54. The summed E-state index contributed by atoms with van der Waals surface area (Å²) < 4.78 is 11.3. The van der Waals surface area contributed by atoms with Gasteiger partial charge in [0.05, 0.1) is 4.32 Å². The van der Waals surface area contributed by atoms with Crippen molar-refractivity contribution < 1.29 is 23.9 Å². The third kappa shape index (κ3) is 2.95. The molecule has 3 fully saturated rings. The average Bonchev–Trinajstić information content (AvgIpc) is 2.92. The Bertz CT molecular complexity index is 790. The number of esters is 2. The second-order valence-electron chi connectivity index (χ2n) is 9.97. The molecule has 4 aliphatic carbocycles. The number of hydrogen-bond acceptors (Lipinski definition) is 5. The molecule has 0 radical (unpaired) electrons. The summed E-state index contributed by atoms with van der Waals surface area (Å²) in [6, 6.07) is 0. The molecule has 4 aliphatic rings. The zero-order valence-corrected chi connectivity index (χ0v) is 19.3. The van der Waals surface area contributed by atoms with Gasteiger partial charge in [0.25, 0.3) is 0 Å². The quantitative estimate of drug-likeness (QED) is 0.442. The molecule has 7 unspecified atom stereocenters. The van der Waals surface area contributed by atoms with Crippen molar-refractivity contribution >= 4 is 33.7 Å². The Balaban J connectivity index is 1.80. The second kappa shape index (κ2) is 6.93. The Hall–Kier alpha value is -1.17. The Morgan fingerprint density at radius 3 is 2.31 bits per heavy atom. The number of rotatable bonds is 2. The third-order valence-corrected chi connectivity index (χ3v) is 10.5. The van der Waals surface area contributed by atoms with Gasteiger partial charge in [-0.2, -0.15) is 0 Å². The van der Waals surface area contributed by atoms with E-state index in [1.807, 2.05) is 6.08 Å². The molecule has 160 valence electrons. The van der Waals surface area contributed by atoms with Crippen molar-refractivity contribution in [2.24, 2.45) is 22.7 Å². The lowest BCUT2D eigenvalue weighted by molar-refractivity contribution is -0.177. The first-order valence-corrected chi connectivity index (χ1v) is 11.6. The molecule has 0 heterocycles. The second-order valence-corrected chi connectivity index (χ2v) is 11.3. The number of ketones is 1. The molecule has 0 aromatic rings. The summed E-state index contributed by atoms with van der Waals surface area (Å²) in [5, 5.41) is 0. The summed E-state index contributed by atoms with van der Waals surface area (Å²) in [5.74, 6) is 0.342. The van der Waals surface area contributed by atoms with Crippen molar-refractivity contribution in [2.45, 2.75) is 89.2 Å². The van der Waals surface area contributed by atoms with Gasteiger partial charge in [-0.1, -0.05) is 35.4 Å². The van der Waals surface area contributed by atoms with Crippen LogP contribution in [0, 0.1) is 22.7 Å². The predicted octanol–water partition coefficient (Wildman–Crippen LogP) is 4.51. The standard InChI is InChI=1S/C23H31BrO5/c1-13(25)28-19-8-7-17-18-6-5-15-11-16(27)9-10-22(15,4)23(18,24)20(29-14(2)26)12-21(17,19)3/h11,17-20H,5-10,12H2,1-4H3. The number of hydrogen-bond donors (Lipinski definition) is 0. The monoisotopic (exact) mass is 466 g/mol. The van der Waals surface area contributed by atoms with Crippen LogP contribution in [0.25, 0.3) is 0 Å². The average molecular weight is 467 g/mol. The van der Waals surface area contributed by atoms with Crippen molar-refractivity contribution in [3.8, 4) is 0 Å². The van der Waals surface area contributed by atoms with E-state index in [-0.39, 0.29) is 40.8 Å². The molecule has 7 atom stereocenters. The molecule has 0 aromatic heterocycles. The fraction of sp³-hybridized carbons (Fsp3) is 0.783. The van der Waals surface area contributed by atoms with Crippen molar-refractivity contribution in [1.29, 1.82) is 0 Å². The van der Waals surface area contributed by atoms with E-state index in [1.54, 1.807) is 0 Å². The molecule has 0 saturated heterocycles. The molecular formula is C23H31BrO5. The van der Waals surface area contributed by atoms with Gasteiger partial charge in [0.15, 0.2) is 5.78 Å². The van der Waals surface area contributed by atoms with Crippen LogP contribution >= 0.6 is 15.9 Å². The maximum absolute atomic E-state index is 12.1. The summed E-state index contributed by atoms with van der Waals surface area (Å²) in [6.07, 6.45) is 7.05. The highest BCUT2D eigenvalue weighted by molar-refractivity contribution is 9.10. The van der Waals surface area contributed by atoms with Crippen molar-refractivity contribution in [3.63, 3.8) is 0 Å². The van der Waals surface area contributed by atoms with E-state index in [1.165, 1.54) is 19.4 Å². The lowest BCUT2D eigenvalue weighted by Crippen LogP contribution is -2.67. The van der Waals surface area contributed by atoms with Gasteiger partial charge in [-0.3, -0.25) is 14.4 Å². The van der Waals surface area contributed by atoms with Gasteiger partial charge in [-0.15, -0.1) is 0 Å². The lowest BCUT2D eigenvalue weighted by atomic mass is 9.46. The van der Waals surface area contributed by atoms with Crippen LogP contribution in [-0.2, 0) is 23.9 Å². The van der Waals surface area contributed by atoms with E-state index < -0.39 is 4.32 Å². The summed E-state index contributed by atoms with van der Waals surface area (Å²) in [5.41, 5.74) is 0.748. The van der Waals surface area contributed by atoms with Crippen molar-refractivity contribution in [1.82, 2.24) is 0 Å². The Kier molecular flexibility index (Phi) is 5.04. The van der Waals surface area contributed by atoms with Gasteiger partial charge in [-0.25, -0.2) is 0 Å². The van der Waals surface area contributed by atoms with Crippen LogP contribution in [0.1, 0.15) is 72.6 Å². The highest BCUT2D eigenvalue weighted by Gasteiger charge is 2.70. The van der Waals surface area contributed by atoms with Crippen LogP contribution in [0.15, 0.2) is 11.6 Å². The van der Waals surface area contributed by atoms with Crippen molar-refractivity contribution in [3.05, 3.63) is 11.6 Å². The molecule has 0 bridgehead atoms. The minimum absolute atomic E-state index is 0.141. The van der Waals surface area contributed by atoms with E-state index >= 15 is 0 Å². The predicted molar refractivity (Wildman–Crippen MR) is 111 cm³/mol. The number of halogens is 1. The smallest absolute Gasteiger partial charge is 0.302 e. The molecule has 5 nitrogen and oxygen atoms in total. The molecule has 29 heavy (non-hydrogen) atoms. The van der Waals surface area contributed by atoms with Gasteiger partial charge in [0, 0.05) is 31.1 Å². The van der Waals surface area contributed by atoms with E-state index in [4.69, 9.17) is 9.47 Å². The van der Waals surface area contributed by atoms with Crippen molar-refractivity contribution in [2.75, 3.05) is 0 Å². The minimum Gasteiger partial charge on any atom is -0.462 e. The van der Waals surface area contributed by atoms with Gasteiger partial charge in [-0.05, 0) is 56.4 Å². The number of fused-ring (bicyclic) bond motifs is 5.